The second-order valence-electron chi connectivity index (χ2n) is 15.0. The van der Waals surface area contributed by atoms with Crippen LogP contribution in [0.15, 0.2) is 224 Å². The van der Waals surface area contributed by atoms with E-state index in [-0.39, 0.29) is 6.04 Å². The zero-order valence-corrected chi connectivity index (χ0v) is 34.3. The lowest BCUT2D eigenvalue weighted by Crippen LogP contribution is -2.12. The van der Waals surface area contributed by atoms with Crippen LogP contribution in [-0.4, -0.2) is 11.3 Å². The van der Waals surface area contributed by atoms with Crippen LogP contribution in [0.25, 0.3) is 66.6 Å². The summed E-state index contributed by atoms with van der Waals surface area (Å²) in [7, 11) is 0. The van der Waals surface area contributed by atoms with E-state index < -0.39 is 0 Å². The van der Waals surface area contributed by atoms with Crippen molar-refractivity contribution in [2.75, 3.05) is 5.73 Å². The van der Waals surface area contributed by atoms with E-state index in [0.29, 0.717) is 0 Å². The van der Waals surface area contributed by atoms with Crippen molar-refractivity contribution in [2.45, 2.75) is 13.0 Å². The van der Waals surface area contributed by atoms with Crippen LogP contribution in [-0.2, 0) is 0 Å². The van der Waals surface area contributed by atoms with Gasteiger partial charge in [0.1, 0.15) is 0 Å². The van der Waals surface area contributed by atoms with Crippen LogP contribution in [0.2, 0.25) is 0 Å². The van der Waals surface area contributed by atoms with Crippen molar-refractivity contribution in [3.05, 3.63) is 241 Å². The Morgan fingerprint density at radius 1 is 0.541 bits per heavy atom. The molecule has 9 aromatic carbocycles. The number of nitrogen functional groups attached to an aromatic ring is 1. The van der Waals surface area contributed by atoms with Gasteiger partial charge in [-0.3, -0.25) is 4.99 Å². The number of rotatable bonds is 7. The molecule has 0 amide bonds. The third-order valence-electron chi connectivity index (χ3n) is 11.0. The molecule has 0 bridgehead atoms. The van der Waals surface area contributed by atoms with E-state index in [0.717, 1.165) is 39.2 Å². The Morgan fingerprint density at radius 2 is 1.13 bits per heavy atom. The molecule has 10 aromatic rings. The number of benzene rings is 9. The van der Waals surface area contributed by atoms with Gasteiger partial charge in [0.2, 0.25) is 0 Å². The molecule has 0 saturated carbocycles. The molecule has 4 nitrogen and oxygen atoms in total. The van der Waals surface area contributed by atoms with Gasteiger partial charge in [-0.25, -0.2) is 0 Å². The summed E-state index contributed by atoms with van der Waals surface area (Å²) in [5, 5.41) is 5.09. The van der Waals surface area contributed by atoms with Crippen LogP contribution in [0.3, 0.4) is 0 Å². The first-order valence-electron chi connectivity index (χ1n) is 20.4. The smallest absolute Gasteiger partial charge is 0.0673 e. The molecule has 1 heterocycles. The van der Waals surface area contributed by atoms with E-state index in [1.165, 1.54) is 55.0 Å². The molecule has 4 N–H and O–H groups in total. The number of nitrogens with zero attached hydrogens (tertiary/aromatic N) is 2. The Kier molecular flexibility index (Phi) is 12.1. The molecular formula is C57H48N4. The Bertz CT molecular complexity index is 3020. The van der Waals surface area contributed by atoms with Gasteiger partial charge < -0.3 is 16.0 Å². The SMILES string of the molecule is C=Cc1ccc2c(c1)c1ccc3ccccc3c1n2-c1ccc(C)cc1.C=Nc1ccccc1C(N)c1cc(-c2ccccc2)cc(-c2ccccc2)c1.Nc1ccccc1. The minimum atomic E-state index is -0.284. The number of aromatic nitrogens is 1. The van der Waals surface area contributed by atoms with E-state index in [9.17, 15) is 0 Å². The molecule has 0 aliphatic carbocycles. The maximum Gasteiger partial charge on any atom is 0.0673 e. The fourth-order valence-corrected chi connectivity index (χ4v) is 7.84. The number of hydrogen-bond donors (Lipinski definition) is 2. The predicted molar refractivity (Wildman–Crippen MR) is 263 cm³/mol. The number of aliphatic imine (C=N–C) groups is 1. The highest BCUT2D eigenvalue weighted by atomic mass is 15.0. The number of aryl methyl sites for hydroxylation is 1. The lowest BCUT2D eigenvalue weighted by Gasteiger charge is -2.18. The summed E-state index contributed by atoms with van der Waals surface area (Å²) >= 11 is 0. The summed E-state index contributed by atoms with van der Waals surface area (Å²) in [4.78, 5) is 4.15. The molecule has 0 fully saturated rings. The van der Waals surface area contributed by atoms with Crippen LogP contribution in [0.5, 0.6) is 0 Å². The van der Waals surface area contributed by atoms with Gasteiger partial charge in [-0.05, 0) is 119 Å². The van der Waals surface area contributed by atoms with E-state index >= 15 is 0 Å². The minimum absolute atomic E-state index is 0.284. The highest BCUT2D eigenvalue weighted by Gasteiger charge is 2.17. The van der Waals surface area contributed by atoms with Crippen molar-refractivity contribution in [2.24, 2.45) is 10.7 Å². The van der Waals surface area contributed by atoms with Crippen molar-refractivity contribution < 1.29 is 0 Å². The normalized spacial score (nSPS) is 11.2. The molecule has 0 aliphatic heterocycles. The van der Waals surface area contributed by atoms with E-state index in [1.54, 1.807) is 0 Å². The van der Waals surface area contributed by atoms with Crippen molar-refractivity contribution in [1.82, 2.24) is 4.57 Å². The largest absolute Gasteiger partial charge is 0.399 e. The van der Waals surface area contributed by atoms with Crippen molar-refractivity contribution in [3.63, 3.8) is 0 Å². The third kappa shape index (κ3) is 8.81. The fraction of sp³-hybridized carbons (Fsp3) is 0.0351. The van der Waals surface area contributed by atoms with Crippen LogP contribution in [0.4, 0.5) is 11.4 Å². The molecule has 4 heteroatoms. The van der Waals surface area contributed by atoms with Crippen molar-refractivity contribution in [3.8, 4) is 27.9 Å². The first kappa shape index (κ1) is 40.0. The molecule has 0 spiro atoms. The number of para-hydroxylation sites is 2. The Balaban J connectivity index is 0.000000146. The summed E-state index contributed by atoms with van der Waals surface area (Å²) in [6.45, 7) is 9.75. The lowest BCUT2D eigenvalue weighted by molar-refractivity contribution is 0.873. The average Bonchev–Trinajstić information content (AvgIpc) is 3.66. The molecule has 1 atom stereocenters. The fourth-order valence-electron chi connectivity index (χ4n) is 7.84. The molecule has 1 aromatic heterocycles. The van der Waals surface area contributed by atoms with Gasteiger partial charge in [-0.1, -0.05) is 170 Å². The second-order valence-corrected chi connectivity index (χ2v) is 15.0. The summed E-state index contributed by atoms with van der Waals surface area (Å²) in [5.74, 6) is 0. The molecule has 61 heavy (non-hydrogen) atoms. The number of nitrogens with two attached hydrogens (primary N) is 2. The van der Waals surface area contributed by atoms with Crippen molar-refractivity contribution >= 4 is 56.7 Å². The molecular weight excluding hydrogens is 741 g/mol. The van der Waals surface area contributed by atoms with Crippen LogP contribution < -0.4 is 11.5 Å². The molecule has 0 saturated heterocycles. The molecule has 0 radical (unpaired) electrons. The van der Waals surface area contributed by atoms with Gasteiger partial charge in [0.05, 0.1) is 22.8 Å². The summed E-state index contributed by atoms with van der Waals surface area (Å²) in [6.07, 6.45) is 1.91. The van der Waals surface area contributed by atoms with E-state index in [4.69, 9.17) is 11.5 Å². The first-order valence-corrected chi connectivity index (χ1v) is 20.4. The van der Waals surface area contributed by atoms with Gasteiger partial charge in [0.15, 0.2) is 0 Å². The molecule has 10 rings (SSSR count). The summed E-state index contributed by atoms with van der Waals surface area (Å²) < 4.78 is 2.39. The van der Waals surface area contributed by atoms with Gasteiger partial charge in [-0.2, -0.15) is 0 Å². The van der Waals surface area contributed by atoms with Crippen LogP contribution >= 0.6 is 0 Å². The minimum Gasteiger partial charge on any atom is -0.399 e. The van der Waals surface area contributed by atoms with E-state index in [2.05, 4.69) is 175 Å². The number of hydrogen-bond acceptors (Lipinski definition) is 3. The predicted octanol–water partition coefficient (Wildman–Crippen LogP) is 14.6. The maximum absolute atomic E-state index is 6.70. The topological polar surface area (TPSA) is 69.3 Å². The van der Waals surface area contributed by atoms with Gasteiger partial charge in [0, 0.05) is 27.5 Å². The Labute approximate surface area is 358 Å². The first-order chi connectivity index (χ1) is 29.9. The highest BCUT2D eigenvalue weighted by molar-refractivity contribution is 6.18. The van der Waals surface area contributed by atoms with Gasteiger partial charge >= 0.3 is 0 Å². The van der Waals surface area contributed by atoms with Gasteiger partial charge in [0.25, 0.3) is 0 Å². The van der Waals surface area contributed by atoms with Crippen molar-refractivity contribution in [1.29, 1.82) is 0 Å². The number of fused-ring (bicyclic) bond motifs is 5. The van der Waals surface area contributed by atoms with Crippen LogP contribution in [0, 0.1) is 6.92 Å². The zero-order chi connectivity index (χ0) is 42.1. The van der Waals surface area contributed by atoms with Gasteiger partial charge in [-0.15, -0.1) is 0 Å². The quantitative estimate of drug-likeness (QED) is 0.125. The second kappa shape index (κ2) is 18.4. The molecule has 296 valence electrons. The molecule has 0 aliphatic rings. The standard InChI is InChI=1S/C26H22N2.C25H19N.C6H7N/c1-28-25-15-9-8-14-24(25)26(27)23-17-21(19-10-4-2-5-11-19)16-22(18-23)20-12-6-3-7-13-20;1-3-18-10-15-24-23(16-18)22-14-11-19-6-4-5-7-21(19)25(22)26(24)20-12-8-17(2)9-13-20;7-6-4-2-1-3-5-6/h2-18,26H,1,27H2;3-16H,1H2,2H3;1-5H,7H2. The maximum atomic E-state index is 6.70. The monoisotopic (exact) mass is 788 g/mol. The average molecular weight is 789 g/mol. The third-order valence-corrected chi connectivity index (χ3v) is 11.0. The highest BCUT2D eigenvalue weighted by Crippen LogP contribution is 2.38. The molecule has 1 unspecified atom stereocenters. The summed E-state index contributed by atoms with van der Waals surface area (Å²) in [6, 6.07) is 72.9. The Hall–Kier alpha value is -7.79. The lowest BCUT2D eigenvalue weighted by atomic mass is 9.91. The summed E-state index contributed by atoms with van der Waals surface area (Å²) in [5.41, 5.74) is 26.5. The van der Waals surface area contributed by atoms with Crippen LogP contribution in [0.1, 0.15) is 28.3 Å². The van der Waals surface area contributed by atoms with E-state index in [1.807, 2.05) is 72.8 Å². The Morgan fingerprint density at radius 3 is 1.74 bits per heavy atom. The zero-order valence-electron chi connectivity index (χ0n) is 34.3. The number of anilines is 1.